The van der Waals surface area contributed by atoms with Crippen LogP contribution in [0.2, 0.25) is 5.82 Å². The van der Waals surface area contributed by atoms with Crippen LogP contribution in [0.15, 0.2) is 0 Å². The Balaban J connectivity index is 1.93. The first-order chi connectivity index (χ1) is 8.82. The van der Waals surface area contributed by atoms with Gasteiger partial charge in [0.25, 0.3) is 0 Å². The van der Waals surface area contributed by atoms with Crippen LogP contribution in [0.5, 0.6) is 0 Å². The quantitative estimate of drug-likeness (QED) is 0.549. The third kappa shape index (κ3) is 2.99. The predicted octanol–water partition coefficient (Wildman–Crippen LogP) is 2.87. The Kier molecular flexibility index (Phi) is 4.31. The Hall–Kier alpha value is -0.0951. The topological polar surface area (TPSA) is 36.9 Å². The van der Waals surface area contributed by atoms with E-state index >= 15 is 0 Å². The maximum absolute atomic E-state index is 6.09. The van der Waals surface area contributed by atoms with E-state index < -0.39 is 0 Å². The average molecular weight is 270 g/mol. The SMILES string of the molecule is CCOC(OCC)C1CC1B1OC(C)(C)C(C)(C)O1. The number of ether oxygens (including phenoxy) is 2. The van der Waals surface area contributed by atoms with E-state index in [9.17, 15) is 0 Å². The zero-order valence-electron chi connectivity index (χ0n) is 13.1. The fourth-order valence-electron chi connectivity index (χ4n) is 2.55. The van der Waals surface area contributed by atoms with Gasteiger partial charge in [0, 0.05) is 24.9 Å². The van der Waals surface area contributed by atoms with E-state index in [1.54, 1.807) is 0 Å². The molecule has 1 heterocycles. The van der Waals surface area contributed by atoms with Crippen molar-refractivity contribution in [3.63, 3.8) is 0 Å². The van der Waals surface area contributed by atoms with Gasteiger partial charge in [0.15, 0.2) is 6.29 Å². The molecule has 19 heavy (non-hydrogen) atoms. The van der Waals surface area contributed by atoms with Crippen molar-refractivity contribution >= 4 is 7.12 Å². The van der Waals surface area contributed by atoms with E-state index in [4.69, 9.17) is 18.8 Å². The van der Waals surface area contributed by atoms with Crippen molar-refractivity contribution in [3.8, 4) is 0 Å². The molecule has 0 radical (unpaired) electrons. The molecule has 2 aliphatic rings. The van der Waals surface area contributed by atoms with Crippen LogP contribution in [0.1, 0.15) is 48.0 Å². The van der Waals surface area contributed by atoms with Gasteiger partial charge < -0.3 is 18.8 Å². The fourth-order valence-corrected chi connectivity index (χ4v) is 2.55. The van der Waals surface area contributed by atoms with Gasteiger partial charge in [-0.15, -0.1) is 0 Å². The Bertz CT molecular complexity index is 297. The van der Waals surface area contributed by atoms with Crippen molar-refractivity contribution in [2.75, 3.05) is 13.2 Å². The van der Waals surface area contributed by atoms with Gasteiger partial charge in [-0.3, -0.25) is 0 Å². The lowest BCUT2D eigenvalue weighted by Crippen LogP contribution is -2.41. The molecule has 1 saturated carbocycles. The normalized spacial score (nSPS) is 32.1. The molecule has 0 spiro atoms. The molecule has 1 aliphatic heterocycles. The van der Waals surface area contributed by atoms with E-state index in [1.165, 1.54) is 0 Å². The van der Waals surface area contributed by atoms with Gasteiger partial charge in [-0.2, -0.15) is 0 Å². The largest absolute Gasteiger partial charge is 0.461 e. The summed E-state index contributed by atoms with van der Waals surface area (Å²) in [5.41, 5.74) is -0.505. The minimum atomic E-state index is -0.252. The summed E-state index contributed by atoms with van der Waals surface area (Å²) in [6.07, 6.45) is 0.945. The molecule has 0 amide bonds. The number of hydrogen-bond acceptors (Lipinski definition) is 4. The van der Waals surface area contributed by atoms with Crippen LogP contribution in [-0.4, -0.2) is 37.8 Å². The molecule has 1 saturated heterocycles. The van der Waals surface area contributed by atoms with Crippen LogP contribution >= 0.6 is 0 Å². The smallest absolute Gasteiger partial charge is 0.403 e. The van der Waals surface area contributed by atoms with Gasteiger partial charge in [-0.1, -0.05) is 0 Å². The molecule has 1 aliphatic carbocycles. The highest BCUT2D eigenvalue weighted by molar-refractivity contribution is 6.48. The van der Waals surface area contributed by atoms with Crippen LogP contribution in [0, 0.1) is 5.92 Å². The summed E-state index contributed by atoms with van der Waals surface area (Å²) in [6, 6.07) is 0. The van der Waals surface area contributed by atoms with Crippen molar-refractivity contribution in [1.29, 1.82) is 0 Å². The van der Waals surface area contributed by atoms with Gasteiger partial charge in [0.2, 0.25) is 0 Å². The monoisotopic (exact) mass is 270 g/mol. The molecule has 5 heteroatoms. The molecular weight excluding hydrogens is 243 g/mol. The van der Waals surface area contributed by atoms with Crippen molar-refractivity contribution in [1.82, 2.24) is 0 Å². The van der Waals surface area contributed by atoms with E-state index in [0.29, 0.717) is 24.9 Å². The molecule has 2 fully saturated rings. The third-order valence-corrected chi connectivity index (χ3v) is 4.52. The Morgan fingerprint density at radius 1 is 1.05 bits per heavy atom. The fraction of sp³-hybridized carbons (Fsp3) is 1.00. The lowest BCUT2D eigenvalue weighted by molar-refractivity contribution is -0.148. The highest BCUT2D eigenvalue weighted by Crippen LogP contribution is 2.55. The predicted molar refractivity (Wildman–Crippen MR) is 75.0 cm³/mol. The summed E-state index contributed by atoms with van der Waals surface area (Å²) in [7, 11) is -0.126. The van der Waals surface area contributed by atoms with Gasteiger partial charge >= 0.3 is 7.12 Å². The molecule has 2 unspecified atom stereocenters. The van der Waals surface area contributed by atoms with E-state index in [-0.39, 0.29) is 24.6 Å². The second-order valence-electron chi connectivity index (χ2n) is 6.47. The maximum Gasteiger partial charge on any atom is 0.461 e. The average Bonchev–Trinajstić information content (AvgIpc) is 3.02. The molecule has 0 aromatic heterocycles. The van der Waals surface area contributed by atoms with Gasteiger partial charge in [0.05, 0.1) is 11.2 Å². The highest BCUT2D eigenvalue weighted by atomic mass is 16.7. The van der Waals surface area contributed by atoms with E-state index in [1.807, 2.05) is 13.8 Å². The molecule has 0 bridgehead atoms. The minimum Gasteiger partial charge on any atom is -0.403 e. The van der Waals surface area contributed by atoms with Crippen LogP contribution in [0.4, 0.5) is 0 Å². The standard InChI is InChI=1S/C14H27BO4/c1-7-16-12(17-8-2)10-9-11(10)15-18-13(3,4)14(5,6)19-15/h10-12H,7-9H2,1-6H3. The van der Waals surface area contributed by atoms with Crippen LogP contribution in [-0.2, 0) is 18.8 Å². The summed E-state index contributed by atoms with van der Waals surface area (Å²) < 4.78 is 23.5. The Morgan fingerprint density at radius 2 is 1.53 bits per heavy atom. The molecule has 2 atom stereocenters. The molecule has 0 aromatic rings. The molecule has 2 rings (SSSR count). The van der Waals surface area contributed by atoms with Crippen LogP contribution in [0.3, 0.4) is 0 Å². The molecule has 0 aromatic carbocycles. The van der Waals surface area contributed by atoms with Gasteiger partial charge in [0.1, 0.15) is 0 Å². The van der Waals surface area contributed by atoms with Crippen molar-refractivity contribution < 1.29 is 18.8 Å². The molecule has 110 valence electrons. The van der Waals surface area contributed by atoms with E-state index in [0.717, 1.165) is 6.42 Å². The first kappa shape index (κ1) is 15.3. The second kappa shape index (κ2) is 5.36. The Morgan fingerprint density at radius 3 is 1.95 bits per heavy atom. The summed E-state index contributed by atoms with van der Waals surface area (Å²) in [6.45, 7) is 13.7. The van der Waals surface area contributed by atoms with Gasteiger partial charge in [-0.25, -0.2) is 0 Å². The lowest BCUT2D eigenvalue weighted by Gasteiger charge is -2.32. The summed E-state index contributed by atoms with van der Waals surface area (Å²) in [5.74, 6) is 0.791. The lowest BCUT2D eigenvalue weighted by atomic mass is 9.80. The summed E-state index contributed by atoms with van der Waals surface area (Å²) in [5, 5.41) is 0. The minimum absolute atomic E-state index is 0.112. The summed E-state index contributed by atoms with van der Waals surface area (Å²) >= 11 is 0. The highest BCUT2D eigenvalue weighted by Gasteiger charge is 2.61. The Labute approximate surface area is 117 Å². The van der Waals surface area contributed by atoms with Crippen LogP contribution < -0.4 is 0 Å². The van der Waals surface area contributed by atoms with Crippen molar-refractivity contribution in [2.45, 2.75) is 71.3 Å². The van der Waals surface area contributed by atoms with E-state index in [2.05, 4.69) is 27.7 Å². The number of rotatable bonds is 6. The summed E-state index contributed by atoms with van der Waals surface area (Å²) in [4.78, 5) is 0. The maximum atomic E-state index is 6.09. The first-order valence-corrected chi connectivity index (χ1v) is 7.41. The van der Waals surface area contributed by atoms with Crippen molar-refractivity contribution in [3.05, 3.63) is 0 Å². The number of hydrogen-bond donors (Lipinski definition) is 0. The molecule has 4 nitrogen and oxygen atoms in total. The van der Waals surface area contributed by atoms with Crippen molar-refractivity contribution in [2.24, 2.45) is 5.92 Å². The zero-order valence-corrected chi connectivity index (χ0v) is 13.1. The molecule has 0 N–H and O–H groups in total. The second-order valence-corrected chi connectivity index (χ2v) is 6.47. The van der Waals surface area contributed by atoms with Gasteiger partial charge in [-0.05, 0) is 48.0 Å². The zero-order chi connectivity index (χ0) is 14.3. The first-order valence-electron chi connectivity index (χ1n) is 7.41. The third-order valence-electron chi connectivity index (χ3n) is 4.52. The molecular formula is C14H27BO4. The van der Waals surface area contributed by atoms with Crippen LogP contribution in [0.25, 0.3) is 0 Å².